The van der Waals surface area contributed by atoms with Crippen molar-refractivity contribution in [3.63, 3.8) is 0 Å². The zero-order valence-corrected chi connectivity index (χ0v) is 9.84. The maximum Gasteiger partial charge on any atom is -0.00698 e. The van der Waals surface area contributed by atoms with Crippen LogP contribution in [0.2, 0.25) is 0 Å². The van der Waals surface area contributed by atoms with Crippen LogP contribution in [0.3, 0.4) is 0 Å². The molecule has 0 atom stereocenters. The molecule has 0 spiro atoms. The number of unbranched alkanes of at least 4 members (excludes halogenated alkanes) is 3. The lowest BCUT2D eigenvalue weighted by atomic mass is 10.0. The molecule has 0 radical (unpaired) electrons. The molecule has 0 N–H and O–H groups in total. The predicted molar refractivity (Wildman–Crippen MR) is 68.0 cm³/mol. The third-order valence-corrected chi connectivity index (χ3v) is 2.68. The largest absolute Gasteiger partial charge is 0.0995 e. The lowest BCUT2D eigenvalue weighted by Gasteiger charge is -2.05. The van der Waals surface area contributed by atoms with Gasteiger partial charge in [0.2, 0.25) is 0 Å². The van der Waals surface area contributed by atoms with E-state index in [-0.39, 0.29) is 0 Å². The molecule has 0 saturated heterocycles. The first-order valence-electron chi connectivity index (χ1n) is 6.03. The summed E-state index contributed by atoms with van der Waals surface area (Å²) in [6, 6.07) is 10.6. The fraction of sp³-hybridized carbons (Fsp3) is 0.467. The summed E-state index contributed by atoms with van der Waals surface area (Å²) in [7, 11) is 0. The number of hydrogen-bond donors (Lipinski definition) is 0. The van der Waals surface area contributed by atoms with E-state index in [1.165, 1.54) is 43.2 Å². The third-order valence-electron chi connectivity index (χ3n) is 2.68. The van der Waals surface area contributed by atoms with Gasteiger partial charge < -0.3 is 0 Å². The Labute approximate surface area is 94.0 Å². The molecule has 0 nitrogen and oxygen atoms in total. The first-order valence-corrected chi connectivity index (χ1v) is 6.03. The molecule has 0 aromatic heterocycles. The van der Waals surface area contributed by atoms with Crippen molar-refractivity contribution in [3.05, 3.63) is 48.0 Å². The molecule has 0 heterocycles. The van der Waals surface area contributed by atoms with Gasteiger partial charge in [0.15, 0.2) is 0 Å². The van der Waals surface area contributed by atoms with Gasteiger partial charge in [0.05, 0.1) is 0 Å². The van der Waals surface area contributed by atoms with E-state index < -0.39 is 0 Å². The Hall–Kier alpha value is -1.04. The molecule has 0 bridgehead atoms. The van der Waals surface area contributed by atoms with Crippen LogP contribution in [-0.2, 0) is 6.42 Å². The molecule has 0 amide bonds. The quantitative estimate of drug-likeness (QED) is 0.442. The lowest BCUT2D eigenvalue weighted by Crippen LogP contribution is -1.89. The molecule has 15 heavy (non-hydrogen) atoms. The molecule has 0 aliphatic rings. The van der Waals surface area contributed by atoms with Gasteiger partial charge in [-0.05, 0) is 24.8 Å². The highest BCUT2D eigenvalue weighted by molar-refractivity contribution is 5.20. The molecule has 82 valence electrons. The molecule has 0 aliphatic heterocycles. The molecule has 1 aromatic rings. The van der Waals surface area contributed by atoms with Gasteiger partial charge in [0, 0.05) is 0 Å². The molecular weight excluding hydrogens is 180 g/mol. The summed E-state index contributed by atoms with van der Waals surface area (Å²) in [6.07, 6.45) is 7.56. The maximum atomic E-state index is 4.15. The van der Waals surface area contributed by atoms with Crippen LogP contribution in [0, 0.1) is 0 Å². The lowest BCUT2D eigenvalue weighted by molar-refractivity contribution is 0.660. The van der Waals surface area contributed by atoms with E-state index in [1.54, 1.807) is 0 Å². The number of rotatable bonds is 7. The van der Waals surface area contributed by atoms with Crippen molar-refractivity contribution in [2.75, 3.05) is 0 Å². The summed E-state index contributed by atoms with van der Waals surface area (Å²) >= 11 is 0. The molecule has 0 heteroatoms. The van der Waals surface area contributed by atoms with E-state index in [9.17, 15) is 0 Å². The fourth-order valence-electron chi connectivity index (χ4n) is 1.77. The van der Waals surface area contributed by atoms with E-state index in [4.69, 9.17) is 0 Å². The molecule has 0 saturated carbocycles. The van der Waals surface area contributed by atoms with Crippen LogP contribution in [0.15, 0.2) is 42.5 Å². The minimum atomic E-state index is 1.05. The van der Waals surface area contributed by atoms with Crippen LogP contribution in [0.1, 0.15) is 44.6 Å². The molecule has 1 aromatic carbocycles. The smallest absolute Gasteiger partial charge is 0.00698 e. The number of hydrogen-bond acceptors (Lipinski definition) is 0. The Morgan fingerprint density at radius 1 is 1.07 bits per heavy atom. The highest BCUT2D eigenvalue weighted by atomic mass is 14.0. The SMILES string of the molecule is C=C(CCCCCC)Cc1ccccc1. The highest BCUT2D eigenvalue weighted by Gasteiger charge is 1.97. The van der Waals surface area contributed by atoms with E-state index in [2.05, 4.69) is 43.8 Å². The second kappa shape index (κ2) is 7.28. The summed E-state index contributed by atoms with van der Waals surface area (Å²) in [5, 5.41) is 0. The van der Waals surface area contributed by atoms with Crippen LogP contribution in [0.25, 0.3) is 0 Å². The van der Waals surface area contributed by atoms with Gasteiger partial charge in [-0.3, -0.25) is 0 Å². The first kappa shape index (κ1) is 12.0. The van der Waals surface area contributed by atoms with Crippen LogP contribution in [0.5, 0.6) is 0 Å². The number of benzene rings is 1. The molecule has 0 fully saturated rings. The fourth-order valence-corrected chi connectivity index (χ4v) is 1.77. The normalized spacial score (nSPS) is 10.2. The minimum absolute atomic E-state index is 1.05. The Morgan fingerprint density at radius 3 is 2.47 bits per heavy atom. The van der Waals surface area contributed by atoms with Crippen LogP contribution in [-0.4, -0.2) is 0 Å². The van der Waals surface area contributed by atoms with Crippen LogP contribution in [0.4, 0.5) is 0 Å². The Morgan fingerprint density at radius 2 is 1.80 bits per heavy atom. The van der Waals surface area contributed by atoms with Gasteiger partial charge in [0.1, 0.15) is 0 Å². The molecule has 1 rings (SSSR count). The highest BCUT2D eigenvalue weighted by Crippen LogP contribution is 2.13. The Kier molecular flexibility index (Phi) is 5.84. The molecular formula is C15H22. The predicted octanol–water partition coefficient (Wildman–Crippen LogP) is 4.76. The van der Waals surface area contributed by atoms with E-state index in [0.29, 0.717) is 0 Å². The summed E-state index contributed by atoms with van der Waals surface area (Å²) in [5.41, 5.74) is 2.76. The van der Waals surface area contributed by atoms with Gasteiger partial charge in [-0.2, -0.15) is 0 Å². The van der Waals surface area contributed by atoms with Crippen molar-refractivity contribution in [2.45, 2.75) is 45.4 Å². The van der Waals surface area contributed by atoms with Gasteiger partial charge in [0.25, 0.3) is 0 Å². The van der Waals surface area contributed by atoms with Crippen molar-refractivity contribution in [1.82, 2.24) is 0 Å². The Bertz CT molecular complexity index is 271. The van der Waals surface area contributed by atoms with Crippen molar-refractivity contribution < 1.29 is 0 Å². The average Bonchev–Trinajstić information content (AvgIpc) is 2.26. The second-order valence-corrected chi connectivity index (χ2v) is 4.22. The molecule has 0 aliphatic carbocycles. The maximum absolute atomic E-state index is 4.15. The van der Waals surface area contributed by atoms with E-state index >= 15 is 0 Å². The summed E-state index contributed by atoms with van der Waals surface area (Å²) in [6.45, 7) is 6.40. The van der Waals surface area contributed by atoms with Crippen molar-refractivity contribution in [2.24, 2.45) is 0 Å². The average molecular weight is 202 g/mol. The monoisotopic (exact) mass is 202 g/mol. The first-order chi connectivity index (χ1) is 7.33. The van der Waals surface area contributed by atoms with Crippen molar-refractivity contribution >= 4 is 0 Å². The topological polar surface area (TPSA) is 0 Å². The van der Waals surface area contributed by atoms with Gasteiger partial charge in [-0.15, -0.1) is 0 Å². The van der Waals surface area contributed by atoms with Gasteiger partial charge in [-0.1, -0.05) is 68.7 Å². The summed E-state index contributed by atoms with van der Waals surface area (Å²) < 4.78 is 0. The van der Waals surface area contributed by atoms with Crippen molar-refractivity contribution in [3.8, 4) is 0 Å². The third kappa shape index (κ3) is 5.41. The standard InChI is InChI=1S/C15H22/c1-3-4-5-7-10-14(2)13-15-11-8-6-9-12-15/h6,8-9,11-12H,2-5,7,10,13H2,1H3. The van der Waals surface area contributed by atoms with Crippen molar-refractivity contribution in [1.29, 1.82) is 0 Å². The summed E-state index contributed by atoms with van der Waals surface area (Å²) in [4.78, 5) is 0. The zero-order valence-electron chi connectivity index (χ0n) is 9.84. The second-order valence-electron chi connectivity index (χ2n) is 4.22. The summed E-state index contributed by atoms with van der Waals surface area (Å²) in [5.74, 6) is 0. The van der Waals surface area contributed by atoms with Crippen LogP contribution < -0.4 is 0 Å². The minimum Gasteiger partial charge on any atom is -0.0995 e. The zero-order chi connectivity index (χ0) is 10.9. The van der Waals surface area contributed by atoms with Gasteiger partial charge in [-0.25, -0.2) is 0 Å². The Balaban J connectivity index is 2.19. The van der Waals surface area contributed by atoms with E-state index in [0.717, 1.165) is 6.42 Å². The van der Waals surface area contributed by atoms with E-state index in [1.807, 2.05) is 0 Å². The van der Waals surface area contributed by atoms with Crippen LogP contribution >= 0.6 is 0 Å². The van der Waals surface area contributed by atoms with Gasteiger partial charge >= 0.3 is 0 Å². The number of allylic oxidation sites excluding steroid dienone is 1. The molecule has 0 unspecified atom stereocenters.